The van der Waals surface area contributed by atoms with Crippen LogP contribution in [0.3, 0.4) is 0 Å². The summed E-state index contributed by atoms with van der Waals surface area (Å²) in [7, 11) is 0. The Morgan fingerprint density at radius 1 is 1.20 bits per heavy atom. The molecule has 15 heavy (non-hydrogen) atoms. The highest BCUT2D eigenvalue weighted by atomic mass is 16.3. The van der Waals surface area contributed by atoms with Crippen molar-refractivity contribution in [1.82, 2.24) is 0 Å². The second-order valence-electron chi connectivity index (χ2n) is 5.59. The minimum Gasteiger partial charge on any atom is -0.390 e. The molecule has 0 aromatic rings. The van der Waals surface area contributed by atoms with Crippen LogP contribution in [0, 0.1) is 5.92 Å². The third-order valence-corrected chi connectivity index (χ3v) is 3.81. The van der Waals surface area contributed by atoms with Crippen molar-refractivity contribution >= 4 is 0 Å². The fourth-order valence-corrected chi connectivity index (χ4v) is 2.92. The highest BCUT2D eigenvalue weighted by molar-refractivity contribution is 4.84. The van der Waals surface area contributed by atoms with Crippen molar-refractivity contribution in [2.45, 2.75) is 83.7 Å². The quantitative estimate of drug-likeness (QED) is 0.651. The molecular formula is C14H28O. The third kappa shape index (κ3) is 5.01. The van der Waals surface area contributed by atoms with Crippen LogP contribution in [-0.4, -0.2) is 10.7 Å². The van der Waals surface area contributed by atoms with Gasteiger partial charge in [0, 0.05) is 0 Å². The smallest absolute Gasteiger partial charge is 0.0650 e. The number of hydrogen-bond acceptors (Lipinski definition) is 1. The van der Waals surface area contributed by atoms with Gasteiger partial charge in [-0.15, -0.1) is 0 Å². The number of rotatable bonds is 6. The molecule has 2 unspecified atom stereocenters. The highest BCUT2D eigenvalue weighted by Crippen LogP contribution is 2.35. The van der Waals surface area contributed by atoms with E-state index in [1.165, 1.54) is 44.9 Å². The van der Waals surface area contributed by atoms with E-state index in [0.717, 1.165) is 25.2 Å². The van der Waals surface area contributed by atoms with Gasteiger partial charge in [-0.2, -0.15) is 0 Å². The summed E-state index contributed by atoms with van der Waals surface area (Å²) < 4.78 is 0. The molecule has 0 heterocycles. The summed E-state index contributed by atoms with van der Waals surface area (Å²) in [4.78, 5) is 0. The first kappa shape index (κ1) is 13.0. The maximum Gasteiger partial charge on any atom is 0.0650 e. The largest absolute Gasteiger partial charge is 0.390 e. The zero-order valence-corrected chi connectivity index (χ0v) is 10.6. The van der Waals surface area contributed by atoms with Crippen LogP contribution in [-0.2, 0) is 0 Å². The van der Waals surface area contributed by atoms with Crippen LogP contribution in [0.15, 0.2) is 0 Å². The van der Waals surface area contributed by atoms with Gasteiger partial charge in [-0.3, -0.25) is 0 Å². The summed E-state index contributed by atoms with van der Waals surface area (Å²) in [6.45, 7) is 4.53. The lowest BCUT2D eigenvalue weighted by molar-refractivity contribution is -0.0219. The van der Waals surface area contributed by atoms with E-state index >= 15 is 0 Å². The fraction of sp³-hybridized carbons (Fsp3) is 1.00. The van der Waals surface area contributed by atoms with E-state index in [9.17, 15) is 5.11 Å². The Hall–Kier alpha value is -0.0400. The molecule has 1 aliphatic rings. The molecule has 0 saturated heterocycles. The van der Waals surface area contributed by atoms with Crippen molar-refractivity contribution in [3.8, 4) is 0 Å². The van der Waals surface area contributed by atoms with Crippen LogP contribution in [0.1, 0.15) is 78.1 Å². The van der Waals surface area contributed by atoms with Crippen molar-refractivity contribution in [3.63, 3.8) is 0 Å². The standard InChI is InChI=1S/C14H28O/c1-3-4-5-6-7-10-14(15)11-8-9-13(2)12-14/h13,15H,3-12H2,1-2H3. The first-order valence-corrected chi connectivity index (χ1v) is 6.89. The lowest BCUT2D eigenvalue weighted by Gasteiger charge is -2.35. The van der Waals surface area contributed by atoms with E-state index in [2.05, 4.69) is 13.8 Å². The van der Waals surface area contributed by atoms with Crippen LogP contribution in [0.5, 0.6) is 0 Å². The predicted octanol–water partition coefficient (Wildman–Crippen LogP) is 4.29. The molecule has 0 spiro atoms. The molecule has 2 atom stereocenters. The first-order valence-electron chi connectivity index (χ1n) is 6.89. The minimum absolute atomic E-state index is 0.302. The molecule has 0 aromatic carbocycles. The summed E-state index contributed by atoms with van der Waals surface area (Å²) in [5.74, 6) is 0.736. The summed E-state index contributed by atoms with van der Waals surface area (Å²) in [5, 5.41) is 10.4. The predicted molar refractivity (Wildman–Crippen MR) is 66.0 cm³/mol. The Labute approximate surface area is 95.3 Å². The summed E-state index contributed by atoms with van der Waals surface area (Å²) in [5.41, 5.74) is -0.302. The zero-order chi connectivity index (χ0) is 11.1. The van der Waals surface area contributed by atoms with E-state index in [-0.39, 0.29) is 5.60 Å². The Morgan fingerprint density at radius 2 is 1.93 bits per heavy atom. The molecule has 1 N–H and O–H groups in total. The lowest BCUT2D eigenvalue weighted by atomic mass is 9.76. The monoisotopic (exact) mass is 212 g/mol. The highest BCUT2D eigenvalue weighted by Gasteiger charge is 2.31. The molecule has 0 bridgehead atoms. The molecule has 90 valence electrons. The van der Waals surface area contributed by atoms with Gasteiger partial charge in [-0.05, 0) is 25.2 Å². The SMILES string of the molecule is CCCCCCCC1(O)CCCC(C)C1. The van der Waals surface area contributed by atoms with Crippen molar-refractivity contribution < 1.29 is 5.11 Å². The molecule has 0 aliphatic heterocycles. The fourth-order valence-electron chi connectivity index (χ4n) is 2.92. The average Bonchev–Trinajstić information content (AvgIpc) is 2.17. The molecule has 0 amide bonds. The Morgan fingerprint density at radius 3 is 2.60 bits per heavy atom. The van der Waals surface area contributed by atoms with Crippen LogP contribution in [0.25, 0.3) is 0 Å². The molecule has 1 fully saturated rings. The Balaban J connectivity index is 2.12. The second-order valence-corrected chi connectivity index (χ2v) is 5.59. The van der Waals surface area contributed by atoms with E-state index in [1.54, 1.807) is 0 Å². The minimum atomic E-state index is -0.302. The molecule has 1 nitrogen and oxygen atoms in total. The maximum absolute atomic E-state index is 10.4. The topological polar surface area (TPSA) is 20.2 Å². The van der Waals surface area contributed by atoms with Gasteiger partial charge in [-0.25, -0.2) is 0 Å². The van der Waals surface area contributed by atoms with Crippen LogP contribution >= 0.6 is 0 Å². The van der Waals surface area contributed by atoms with E-state index < -0.39 is 0 Å². The van der Waals surface area contributed by atoms with E-state index in [4.69, 9.17) is 0 Å². The van der Waals surface area contributed by atoms with Crippen LogP contribution in [0.4, 0.5) is 0 Å². The molecule has 1 rings (SSSR count). The third-order valence-electron chi connectivity index (χ3n) is 3.81. The van der Waals surface area contributed by atoms with E-state index in [1.807, 2.05) is 0 Å². The van der Waals surface area contributed by atoms with Gasteiger partial charge in [0.1, 0.15) is 0 Å². The first-order chi connectivity index (χ1) is 7.16. The Bertz CT molecular complexity index is 167. The molecule has 1 heteroatoms. The summed E-state index contributed by atoms with van der Waals surface area (Å²) in [6.07, 6.45) is 12.2. The van der Waals surface area contributed by atoms with Crippen LogP contribution in [0.2, 0.25) is 0 Å². The van der Waals surface area contributed by atoms with Gasteiger partial charge in [0.15, 0.2) is 0 Å². The van der Waals surface area contributed by atoms with Crippen molar-refractivity contribution in [2.75, 3.05) is 0 Å². The van der Waals surface area contributed by atoms with Crippen molar-refractivity contribution in [2.24, 2.45) is 5.92 Å². The van der Waals surface area contributed by atoms with Gasteiger partial charge in [0.25, 0.3) is 0 Å². The molecule has 1 aliphatic carbocycles. The van der Waals surface area contributed by atoms with Gasteiger partial charge in [0.2, 0.25) is 0 Å². The number of aliphatic hydroxyl groups is 1. The second kappa shape index (κ2) is 6.52. The van der Waals surface area contributed by atoms with Gasteiger partial charge in [-0.1, -0.05) is 58.8 Å². The van der Waals surface area contributed by atoms with E-state index in [0.29, 0.717) is 0 Å². The number of unbranched alkanes of at least 4 members (excludes halogenated alkanes) is 4. The van der Waals surface area contributed by atoms with Gasteiger partial charge >= 0.3 is 0 Å². The molecule has 1 saturated carbocycles. The van der Waals surface area contributed by atoms with Gasteiger partial charge in [0.05, 0.1) is 5.60 Å². The summed E-state index contributed by atoms with van der Waals surface area (Å²) in [6, 6.07) is 0. The normalized spacial score (nSPS) is 31.8. The molecule has 0 radical (unpaired) electrons. The average molecular weight is 212 g/mol. The summed E-state index contributed by atoms with van der Waals surface area (Å²) >= 11 is 0. The number of hydrogen-bond donors (Lipinski definition) is 1. The molecule has 0 aromatic heterocycles. The maximum atomic E-state index is 10.4. The van der Waals surface area contributed by atoms with Crippen molar-refractivity contribution in [3.05, 3.63) is 0 Å². The van der Waals surface area contributed by atoms with Crippen molar-refractivity contribution in [1.29, 1.82) is 0 Å². The zero-order valence-electron chi connectivity index (χ0n) is 10.6. The Kier molecular flexibility index (Phi) is 5.66. The molecular weight excluding hydrogens is 184 g/mol. The lowest BCUT2D eigenvalue weighted by Crippen LogP contribution is -2.34. The van der Waals surface area contributed by atoms with Gasteiger partial charge < -0.3 is 5.11 Å². The van der Waals surface area contributed by atoms with Crippen LogP contribution < -0.4 is 0 Å².